The predicted octanol–water partition coefficient (Wildman–Crippen LogP) is 5.31. The number of hydrogen-bond acceptors (Lipinski definition) is 4. The molecule has 3 aromatic carbocycles. The fourth-order valence-corrected chi connectivity index (χ4v) is 6.16. The molecule has 5 nitrogen and oxygen atoms in total. The maximum atomic E-state index is 13.4. The molecule has 1 heterocycles. The van der Waals surface area contributed by atoms with Gasteiger partial charge in [-0.3, -0.25) is 9.69 Å². The summed E-state index contributed by atoms with van der Waals surface area (Å²) < 4.78 is 26.4. The number of unbranched alkanes of at least 4 members (excludes halogenated alkanes) is 1. The van der Waals surface area contributed by atoms with Gasteiger partial charge in [0.15, 0.2) is 9.84 Å². The lowest BCUT2D eigenvalue weighted by molar-refractivity contribution is 0.0637. The van der Waals surface area contributed by atoms with Crippen LogP contribution < -0.4 is 0 Å². The molecule has 0 aromatic heterocycles. The fourth-order valence-electron chi connectivity index (χ4n) is 4.79. The molecule has 1 aliphatic heterocycles. The lowest BCUT2D eigenvalue weighted by atomic mass is 10.1. The summed E-state index contributed by atoms with van der Waals surface area (Å²) in [6.45, 7) is 7.94. The van der Waals surface area contributed by atoms with E-state index in [1.165, 1.54) is 11.1 Å². The molecule has 0 bridgehead atoms. The van der Waals surface area contributed by atoms with E-state index in [9.17, 15) is 13.2 Å². The maximum Gasteiger partial charge on any atom is 0.254 e. The average molecular weight is 519 g/mol. The molecule has 0 spiro atoms. The Labute approximate surface area is 222 Å². The van der Waals surface area contributed by atoms with Crippen LogP contribution in [0, 0.1) is 6.92 Å². The van der Waals surface area contributed by atoms with Crippen LogP contribution in [0.15, 0.2) is 77.7 Å². The highest BCUT2D eigenvalue weighted by molar-refractivity contribution is 7.90. The minimum absolute atomic E-state index is 0.0716. The van der Waals surface area contributed by atoms with Gasteiger partial charge in [0, 0.05) is 38.3 Å². The lowest BCUT2D eigenvalue weighted by Gasteiger charge is -2.35. The molecular formula is C31H38N2O3S. The third-order valence-electron chi connectivity index (χ3n) is 7.22. The van der Waals surface area contributed by atoms with Gasteiger partial charge in [0.25, 0.3) is 5.91 Å². The third-order valence-corrected chi connectivity index (χ3v) is 8.90. The van der Waals surface area contributed by atoms with Crippen LogP contribution in [-0.2, 0) is 28.4 Å². The van der Waals surface area contributed by atoms with E-state index in [1.54, 1.807) is 18.2 Å². The minimum Gasteiger partial charge on any atom is -0.336 e. The van der Waals surface area contributed by atoms with E-state index in [0.717, 1.165) is 56.4 Å². The molecule has 37 heavy (non-hydrogen) atoms. The summed E-state index contributed by atoms with van der Waals surface area (Å²) in [7, 11) is -3.57. The van der Waals surface area contributed by atoms with Crippen molar-refractivity contribution in [3.8, 4) is 0 Å². The Kier molecular flexibility index (Phi) is 9.17. The van der Waals surface area contributed by atoms with Crippen molar-refractivity contribution in [3.63, 3.8) is 0 Å². The van der Waals surface area contributed by atoms with Crippen molar-refractivity contribution in [2.75, 3.05) is 32.7 Å². The van der Waals surface area contributed by atoms with E-state index in [2.05, 4.69) is 36.1 Å². The molecule has 0 saturated carbocycles. The van der Waals surface area contributed by atoms with E-state index in [4.69, 9.17) is 0 Å². The number of carbonyl (C=O) groups is 1. The van der Waals surface area contributed by atoms with E-state index >= 15 is 0 Å². The van der Waals surface area contributed by atoms with Crippen LogP contribution >= 0.6 is 0 Å². The maximum absolute atomic E-state index is 13.4. The second-order valence-electron chi connectivity index (χ2n) is 10.0. The highest BCUT2D eigenvalue weighted by atomic mass is 32.2. The Bertz CT molecular complexity index is 1280. The Morgan fingerprint density at radius 1 is 0.811 bits per heavy atom. The van der Waals surface area contributed by atoms with Gasteiger partial charge in [-0.05, 0) is 60.6 Å². The first-order chi connectivity index (χ1) is 17.9. The van der Waals surface area contributed by atoms with Gasteiger partial charge in [-0.1, -0.05) is 74.0 Å². The predicted molar refractivity (Wildman–Crippen MR) is 150 cm³/mol. The monoisotopic (exact) mass is 518 g/mol. The smallest absolute Gasteiger partial charge is 0.254 e. The molecule has 0 aliphatic carbocycles. The molecule has 0 radical (unpaired) electrons. The van der Waals surface area contributed by atoms with E-state index in [-0.39, 0.29) is 16.6 Å². The third kappa shape index (κ3) is 7.30. The van der Waals surface area contributed by atoms with Crippen LogP contribution in [0.4, 0.5) is 0 Å². The Morgan fingerprint density at radius 2 is 1.46 bits per heavy atom. The number of aryl methyl sites for hydroxylation is 2. The van der Waals surface area contributed by atoms with Crippen LogP contribution in [0.25, 0.3) is 0 Å². The quantitative estimate of drug-likeness (QED) is 0.365. The Hall–Kier alpha value is -2.96. The molecule has 1 aliphatic rings. The van der Waals surface area contributed by atoms with Crippen molar-refractivity contribution in [3.05, 3.63) is 101 Å². The van der Waals surface area contributed by atoms with Crippen molar-refractivity contribution in [2.24, 2.45) is 0 Å². The molecule has 3 aromatic rings. The van der Waals surface area contributed by atoms with Crippen molar-refractivity contribution in [1.82, 2.24) is 9.80 Å². The molecule has 0 atom stereocenters. The second-order valence-corrected chi connectivity index (χ2v) is 12.0. The number of carbonyl (C=O) groups excluding carboxylic acids is 1. The van der Waals surface area contributed by atoms with Crippen molar-refractivity contribution < 1.29 is 13.2 Å². The SMILES string of the molecule is CCCCc1ccc(CS(=O)(=O)c2ccc(C)c(C(=O)N3CCN(CCc4ccccc4)CC3)c2)cc1. The van der Waals surface area contributed by atoms with E-state index < -0.39 is 9.84 Å². The van der Waals surface area contributed by atoms with Gasteiger partial charge >= 0.3 is 0 Å². The van der Waals surface area contributed by atoms with Crippen molar-refractivity contribution >= 4 is 15.7 Å². The molecule has 0 N–H and O–H groups in total. The molecule has 4 rings (SSSR count). The zero-order valence-corrected chi connectivity index (χ0v) is 22.8. The van der Waals surface area contributed by atoms with Crippen LogP contribution in [0.5, 0.6) is 0 Å². The number of benzene rings is 3. The zero-order valence-electron chi connectivity index (χ0n) is 22.0. The summed E-state index contributed by atoms with van der Waals surface area (Å²) in [5, 5.41) is 0. The van der Waals surface area contributed by atoms with Crippen LogP contribution in [0.3, 0.4) is 0 Å². The summed E-state index contributed by atoms with van der Waals surface area (Å²) >= 11 is 0. The molecule has 6 heteroatoms. The van der Waals surface area contributed by atoms with Gasteiger partial charge in [0.05, 0.1) is 10.6 Å². The molecule has 1 saturated heterocycles. The van der Waals surface area contributed by atoms with Gasteiger partial charge < -0.3 is 4.90 Å². The summed E-state index contributed by atoms with van der Waals surface area (Å²) in [6, 6.07) is 23.2. The van der Waals surface area contributed by atoms with Crippen molar-refractivity contribution in [2.45, 2.75) is 50.2 Å². The normalized spacial score (nSPS) is 14.6. The summed E-state index contributed by atoms with van der Waals surface area (Å²) in [6.07, 6.45) is 4.26. The number of nitrogens with zero attached hydrogens (tertiary/aromatic N) is 2. The topological polar surface area (TPSA) is 57.7 Å². The highest BCUT2D eigenvalue weighted by Gasteiger charge is 2.25. The van der Waals surface area contributed by atoms with Crippen LogP contribution in [0.2, 0.25) is 0 Å². The molecular weight excluding hydrogens is 480 g/mol. The van der Waals surface area contributed by atoms with Crippen LogP contribution in [-0.4, -0.2) is 56.8 Å². The minimum atomic E-state index is -3.57. The van der Waals surface area contributed by atoms with Crippen LogP contribution in [0.1, 0.15) is 52.4 Å². The van der Waals surface area contributed by atoms with Gasteiger partial charge in [0.1, 0.15) is 0 Å². The number of rotatable bonds is 10. The molecule has 1 amide bonds. The fraction of sp³-hybridized carbons (Fsp3) is 0.387. The first kappa shape index (κ1) is 27.1. The van der Waals surface area contributed by atoms with Gasteiger partial charge in [-0.2, -0.15) is 0 Å². The number of hydrogen-bond donors (Lipinski definition) is 0. The average Bonchev–Trinajstić information content (AvgIpc) is 2.92. The van der Waals surface area contributed by atoms with E-state index in [1.807, 2.05) is 42.2 Å². The first-order valence-electron chi connectivity index (χ1n) is 13.3. The summed E-state index contributed by atoms with van der Waals surface area (Å²) in [4.78, 5) is 17.8. The van der Waals surface area contributed by atoms with Gasteiger partial charge in [0.2, 0.25) is 0 Å². The first-order valence-corrected chi connectivity index (χ1v) is 15.0. The highest BCUT2D eigenvalue weighted by Crippen LogP contribution is 2.22. The Morgan fingerprint density at radius 3 is 2.14 bits per heavy atom. The van der Waals surface area contributed by atoms with E-state index in [0.29, 0.717) is 18.7 Å². The Balaban J connectivity index is 1.38. The lowest BCUT2D eigenvalue weighted by Crippen LogP contribution is -2.49. The zero-order chi connectivity index (χ0) is 26.3. The molecule has 1 fully saturated rings. The summed E-state index contributed by atoms with van der Waals surface area (Å²) in [5.74, 6) is -0.157. The van der Waals surface area contributed by atoms with Gasteiger partial charge in [-0.15, -0.1) is 0 Å². The standard InChI is InChI=1S/C31H38N2O3S/c1-3-4-8-27-12-14-28(15-13-27)24-37(35,36)29-16-11-25(2)30(23-29)31(34)33-21-19-32(20-22-33)18-17-26-9-6-5-7-10-26/h5-7,9-16,23H,3-4,8,17-22,24H2,1-2H3. The van der Waals surface area contributed by atoms with Crippen molar-refractivity contribution in [1.29, 1.82) is 0 Å². The number of sulfone groups is 1. The number of amides is 1. The largest absolute Gasteiger partial charge is 0.336 e. The molecule has 196 valence electrons. The second kappa shape index (κ2) is 12.5. The molecule has 0 unspecified atom stereocenters. The number of piperazine rings is 1. The summed E-state index contributed by atoms with van der Waals surface area (Å²) in [5.41, 5.74) is 4.60. The van der Waals surface area contributed by atoms with Gasteiger partial charge in [-0.25, -0.2) is 8.42 Å².